The zero-order chi connectivity index (χ0) is 15.2. The molecule has 0 aliphatic heterocycles. The Morgan fingerprint density at radius 3 is 2.81 bits per heavy atom. The van der Waals surface area contributed by atoms with Crippen molar-refractivity contribution in [1.82, 2.24) is 10.3 Å². The lowest BCUT2D eigenvalue weighted by Gasteiger charge is -2.12. The molecule has 21 heavy (non-hydrogen) atoms. The van der Waals surface area contributed by atoms with Crippen molar-refractivity contribution in [2.24, 2.45) is 0 Å². The molecule has 0 aliphatic rings. The number of pyridine rings is 1. The molecule has 0 radical (unpaired) electrons. The molecule has 2 aromatic rings. The highest BCUT2D eigenvalue weighted by Gasteiger charge is 2.05. The van der Waals surface area contributed by atoms with Gasteiger partial charge in [0.1, 0.15) is 5.75 Å². The summed E-state index contributed by atoms with van der Waals surface area (Å²) in [6.45, 7) is 7.33. The number of amides is 1. The summed E-state index contributed by atoms with van der Waals surface area (Å²) in [7, 11) is 0. The summed E-state index contributed by atoms with van der Waals surface area (Å²) < 4.78 is 5.54. The minimum absolute atomic E-state index is 0.0220. The molecule has 1 aromatic heterocycles. The van der Waals surface area contributed by atoms with Gasteiger partial charge in [-0.1, -0.05) is 0 Å². The van der Waals surface area contributed by atoms with E-state index in [1.54, 1.807) is 0 Å². The zero-order valence-electron chi connectivity index (χ0n) is 12.7. The lowest BCUT2D eigenvalue weighted by atomic mass is 10.1. The first-order valence-electron chi connectivity index (χ1n) is 7.12. The van der Waals surface area contributed by atoms with Gasteiger partial charge in [-0.25, -0.2) is 0 Å². The molecule has 0 unspecified atom stereocenters. The first-order chi connectivity index (χ1) is 10.1. The third-order valence-corrected chi connectivity index (χ3v) is 3.03. The molecule has 1 amide bonds. The van der Waals surface area contributed by atoms with Crippen LogP contribution in [0.5, 0.6) is 5.75 Å². The van der Waals surface area contributed by atoms with E-state index in [1.807, 2.05) is 38.1 Å². The summed E-state index contributed by atoms with van der Waals surface area (Å²) in [5.74, 6) is 0.812. The second-order valence-corrected chi connectivity index (χ2v) is 4.83. The van der Waals surface area contributed by atoms with Crippen LogP contribution in [-0.2, 0) is 4.79 Å². The standard InChI is InChI=1S/C16H21N3O2/c1-4-21-13-5-6-15-14(10-13)16(9-11(2)19-15)18-8-7-17-12(3)20/h5-6,9-10H,4,7-8H2,1-3H3,(H,17,20)(H,18,19). The van der Waals surface area contributed by atoms with Crippen LogP contribution in [0, 0.1) is 6.92 Å². The SMILES string of the molecule is CCOc1ccc2nc(C)cc(NCCNC(C)=O)c2c1. The number of ether oxygens (including phenoxy) is 1. The highest BCUT2D eigenvalue weighted by Crippen LogP contribution is 2.27. The largest absolute Gasteiger partial charge is 0.494 e. The normalized spacial score (nSPS) is 10.4. The van der Waals surface area contributed by atoms with Crippen LogP contribution in [0.3, 0.4) is 0 Å². The molecule has 0 fully saturated rings. The number of carbonyl (C=O) groups excluding carboxylic acids is 1. The lowest BCUT2D eigenvalue weighted by Crippen LogP contribution is -2.26. The van der Waals surface area contributed by atoms with Crippen molar-refractivity contribution in [2.45, 2.75) is 20.8 Å². The fourth-order valence-corrected chi connectivity index (χ4v) is 2.18. The highest BCUT2D eigenvalue weighted by molar-refractivity contribution is 5.92. The van der Waals surface area contributed by atoms with E-state index in [4.69, 9.17) is 4.74 Å². The molecule has 5 heteroatoms. The predicted octanol–water partition coefficient (Wildman–Crippen LogP) is 2.49. The Bertz CT molecular complexity index is 641. The fraction of sp³-hybridized carbons (Fsp3) is 0.375. The number of aromatic nitrogens is 1. The second-order valence-electron chi connectivity index (χ2n) is 4.83. The number of carbonyl (C=O) groups is 1. The minimum Gasteiger partial charge on any atom is -0.494 e. The lowest BCUT2D eigenvalue weighted by molar-refractivity contribution is -0.118. The fourth-order valence-electron chi connectivity index (χ4n) is 2.18. The Labute approximate surface area is 124 Å². The van der Waals surface area contributed by atoms with Gasteiger partial charge in [0, 0.05) is 36.8 Å². The minimum atomic E-state index is -0.0220. The number of hydrogen-bond donors (Lipinski definition) is 2. The maximum atomic E-state index is 10.9. The maximum absolute atomic E-state index is 10.9. The number of fused-ring (bicyclic) bond motifs is 1. The van der Waals surface area contributed by atoms with Crippen LogP contribution in [0.25, 0.3) is 10.9 Å². The van der Waals surface area contributed by atoms with Crippen molar-refractivity contribution < 1.29 is 9.53 Å². The Morgan fingerprint density at radius 1 is 1.29 bits per heavy atom. The molecule has 0 saturated carbocycles. The van der Waals surface area contributed by atoms with Gasteiger partial charge in [0.2, 0.25) is 5.91 Å². The molecule has 0 saturated heterocycles. The number of nitrogens with zero attached hydrogens (tertiary/aromatic N) is 1. The molecule has 0 bridgehead atoms. The molecular formula is C16H21N3O2. The number of anilines is 1. The average molecular weight is 287 g/mol. The molecule has 0 aliphatic carbocycles. The molecule has 1 aromatic carbocycles. The third kappa shape index (κ3) is 4.08. The van der Waals surface area contributed by atoms with Gasteiger partial charge in [-0.2, -0.15) is 0 Å². The van der Waals surface area contributed by atoms with Gasteiger partial charge in [0.25, 0.3) is 0 Å². The summed E-state index contributed by atoms with van der Waals surface area (Å²) in [5, 5.41) is 7.13. The van der Waals surface area contributed by atoms with E-state index in [0.29, 0.717) is 19.7 Å². The average Bonchev–Trinajstić information content (AvgIpc) is 2.44. The topological polar surface area (TPSA) is 63.2 Å². The van der Waals surface area contributed by atoms with Crippen LogP contribution in [0.2, 0.25) is 0 Å². The summed E-state index contributed by atoms with van der Waals surface area (Å²) >= 11 is 0. The zero-order valence-corrected chi connectivity index (χ0v) is 12.7. The van der Waals surface area contributed by atoms with Crippen LogP contribution in [0.15, 0.2) is 24.3 Å². The van der Waals surface area contributed by atoms with Crippen LogP contribution >= 0.6 is 0 Å². The number of nitrogens with one attached hydrogen (secondary N) is 2. The van der Waals surface area contributed by atoms with Crippen molar-refractivity contribution in [3.05, 3.63) is 30.0 Å². The van der Waals surface area contributed by atoms with Crippen molar-refractivity contribution in [2.75, 3.05) is 25.0 Å². The first kappa shape index (κ1) is 15.1. The van der Waals surface area contributed by atoms with Crippen LogP contribution in [0.4, 0.5) is 5.69 Å². The number of hydrogen-bond acceptors (Lipinski definition) is 4. The molecule has 0 atom stereocenters. The molecule has 2 N–H and O–H groups in total. The predicted molar refractivity (Wildman–Crippen MR) is 84.8 cm³/mol. The van der Waals surface area contributed by atoms with Gasteiger partial charge >= 0.3 is 0 Å². The van der Waals surface area contributed by atoms with E-state index in [9.17, 15) is 4.79 Å². The summed E-state index contributed by atoms with van der Waals surface area (Å²) in [5.41, 5.74) is 2.89. The monoisotopic (exact) mass is 287 g/mol. The number of aryl methyl sites for hydroxylation is 1. The van der Waals surface area contributed by atoms with Gasteiger partial charge in [0.15, 0.2) is 0 Å². The second kappa shape index (κ2) is 6.92. The Morgan fingerprint density at radius 2 is 2.10 bits per heavy atom. The van der Waals surface area contributed by atoms with E-state index in [0.717, 1.165) is 28.0 Å². The van der Waals surface area contributed by atoms with Crippen LogP contribution < -0.4 is 15.4 Å². The molecule has 112 valence electrons. The molecule has 5 nitrogen and oxygen atoms in total. The van der Waals surface area contributed by atoms with Gasteiger partial charge in [-0.05, 0) is 38.1 Å². The maximum Gasteiger partial charge on any atom is 0.216 e. The van der Waals surface area contributed by atoms with E-state index in [1.165, 1.54) is 6.92 Å². The molecule has 1 heterocycles. The quantitative estimate of drug-likeness (QED) is 0.801. The van der Waals surface area contributed by atoms with Gasteiger partial charge in [-0.3, -0.25) is 9.78 Å². The van der Waals surface area contributed by atoms with E-state index < -0.39 is 0 Å². The van der Waals surface area contributed by atoms with E-state index >= 15 is 0 Å². The molecule has 2 rings (SSSR count). The van der Waals surface area contributed by atoms with Crippen molar-refractivity contribution in [3.8, 4) is 5.75 Å². The highest BCUT2D eigenvalue weighted by atomic mass is 16.5. The molecule has 0 spiro atoms. The smallest absolute Gasteiger partial charge is 0.216 e. The Kier molecular flexibility index (Phi) is 4.98. The number of benzene rings is 1. The van der Waals surface area contributed by atoms with Gasteiger partial charge in [-0.15, -0.1) is 0 Å². The van der Waals surface area contributed by atoms with Crippen LogP contribution in [-0.4, -0.2) is 30.6 Å². The summed E-state index contributed by atoms with van der Waals surface area (Å²) in [4.78, 5) is 15.4. The molecular weight excluding hydrogens is 266 g/mol. The van der Waals surface area contributed by atoms with E-state index in [-0.39, 0.29) is 5.91 Å². The van der Waals surface area contributed by atoms with Gasteiger partial charge in [0.05, 0.1) is 12.1 Å². The Hall–Kier alpha value is -2.30. The van der Waals surface area contributed by atoms with Crippen molar-refractivity contribution in [1.29, 1.82) is 0 Å². The Balaban J connectivity index is 2.23. The number of rotatable bonds is 6. The van der Waals surface area contributed by atoms with Crippen LogP contribution in [0.1, 0.15) is 19.5 Å². The van der Waals surface area contributed by atoms with Crippen molar-refractivity contribution in [3.63, 3.8) is 0 Å². The first-order valence-corrected chi connectivity index (χ1v) is 7.12. The van der Waals surface area contributed by atoms with Crippen molar-refractivity contribution >= 4 is 22.5 Å². The van der Waals surface area contributed by atoms with E-state index in [2.05, 4.69) is 15.6 Å². The summed E-state index contributed by atoms with van der Waals surface area (Å²) in [6.07, 6.45) is 0. The third-order valence-electron chi connectivity index (χ3n) is 3.03. The van der Waals surface area contributed by atoms with Gasteiger partial charge < -0.3 is 15.4 Å². The summed E-state index contributed by atoms with van der Waals surface area (Å²) in [6, 6.07) is 7.89.